The van der Waals surface area contributed by atoms with E-state index in [0.29, 0.717) is 26.4 Å². The summed E-state index contributed by atoms with van der Waals surface area (Å²) >= 11 is 0. The second-order valence-electron chi connectivity index (χ2n) is 4.07. The molecule has 0 spiro atoms. The van der Waals surface area contributed by atoms with E-state index in [1.165, 1.54) is 6.08 Å². The van der Waals surface area contributed by atoms with Crippen molar-refractivity contribution in [2.75, 3.05) is 40.1 Å². The molecule has 21 heavy (non-hydrogen) atoms. The zero-order chi connectivity index (χ0) is 16.0. The van der Waals surface area contributed by atoms with E-state index in [9.17, 15) is 4.79 Å². The van der Waals surface area contributed by atoms with Crippen LogP contribution in [0.2, 0.25) is 6.04 Å². The number of ether oxygens (including phenoxy) is 3. The second-order valence-corrected chi connectivity index (χ2v) is 6.31. The second kappa shape index (κ2) is 13.1. The van der Waals surface area contributed by atoms with Crippen LogP contribution in [0.15, 0.2) is 4.99 Å². The number of rotatable bonds is 14. The van der Waals surface area contributed by atoms with Gasteiger partial charge in [-0.2, -0.15) is 0 Å². The predicted octanol–water partition coefficient (Wildman–Crippen LogP) is 1.36. The van der Waals surface area contributed by atoms with Gasteiger partial charge in [0.1, 0.15) is 6.61 Å². The quantitative estimate of drug-likeness (QED) is 0.158. The highest BCUT2D eigenvalue weighted by Gasteiger charge is 2.34. The first-order valence-electron chi connectivity index (χ1n) is 7.27. The minimum atomic E-state index is -1.86. The Morgan fingerprint density at radius 2 is 1.67 bits per heavy atom. The topological polar surface area (TPSA) is 75.6 Å². The molecule has 124 valence electrons. The van der Waals surface area contributed by atoms with Crippen LogP contribution in [0.3, 0.4) is 0 Å². The van der Waals surface area contributed by atoms with Gasteiger partial charge in [-0.15, -0.1) is 0 Å². The molecule has 0 fully saturated rings. The van der Waals surface area contributed by atoms with Crippen LogP contribution >= 0.6 is 0 Å². The molecule has 8 heteroatoms. The van der Waals surface area contributed by atoms with Gasteiger partial charge < -0.3 is 23.1 Å². The van der Waals surface area contributed by atoms with Crippen molar-refractivity contribution in [2.24, 2.45) is 4.99 Å². The summed E-state index contributed by atoms with van der Waals surface area (Å²) in [6.45, 7) is 7.57. The Hall–Kier alpha value is -0.603. The predicted molar refractivity (Wildman–Crippen MR) is 80.1 cm³/mol. The highest BCUT2D eigenvalue weighted by atomic mass is 28.3. The Kier molecular flexibility index (Phi) is 12.7. The molecule has 0 amide bonds. The molecule has 0 aliphatic carbocycles. The van der Waals surface area contributed by atoms with Gasteiger partial charge in [0.2, 0.25) is 6.08 Å². The van der Waals surface area contributed by atoms with E-state index in [1.54, 1.807) is 7.11 Å². The summed E-state index contributed by atoms with van der Waals surface area (Å²) in [5, 5.41) is 0. The lowest BCUT2D eigenvalue weighted by atomic mass is 10.5. The van der Waals surface area contributed by atoms with E-state index >= 15 is 0 Å². The van der Waals surface area contributed by atoms with E-state index in [0.717, 1.165) is 12.5 Å². The van der Waals surface area contributed by atoms with E-state index < -0.39 is 15.3 Å². The minimum absolute atomic E-state index is 0.157. The molecule has 0 aromatic carbocycles. The molecule has 1 unspecified atom stereocenters. The van der Waals surface area contributed by atoms with Crippen LogP contribution in [0.25, 0.3) is 0 Å². The van der Waals surface area contributed by atoms with Crippen LogP contribution in [-0.4, -0.2) is 61.4 Å². The van der Waals surface area contributed by atoms with E-state index in [1.807, 2.05) is 20.8 Å². The summed E-state index contributed by atoms with van der Waals surface area (Å²) in [5.74, 6) is -1.18. The molecule has 0 aliphatic rings. The summed E-state index contributed by atoms with van der Waals surface area (Å²) in [6.07, 6.45) is 2.24. The standard InChI is InChI=1S/C13H27NO6Si/c1-5-17-13(18-6-2,19-7-3)11-20-21(16-4)10-8-9-14-12-15/h21H,5-11H2,1-4H3. The molecule has 0 radical (unpaired) electrons. The number of hydrogen-bond donors (Lipinski definition) is 0. The maximum absolute atomic E-state index is 10.00. The van der Waals surface area contributed by atoms with Gasteiger partial charge in [-0.3, -0.25) is 0 Å². The first-order valence-corrected chi connectivity index (χ1v) is 9.03. The molecular weight excluding hydrogens is 294 g/mol. The number of isocyanates is 1. The van der Waals surface area contributed by atoms with Crippen molar-refractivity contribution in [3.05, 3.63) is 0 Å². The van der Waals surface area contributed by atoms with E-state index in [2.05, 4.69) is 4.99 Å². The summed E-state index contributed by atoms with van der Waals surface area (Å²) < 4.78 is 27.9. The molecule has 0 saturated heterocycles. The molecule has 0 aromatic heterocycles. The molecule has 0 heterocycles. The highest BCUT2D eigenvalue weighted by molar-refractivity contribution is 6.44. The third-order valence-electron chi connectivity index (χ3n) is 2.58. The fourth-order valence-electron chi connectivity index (χ4n) is 1.76. The molecule has 0 rings (SSSR count). The summed E-state index contributed by atoms with van der Waals surface area (Å²) in [4.78, 5) is 13.5. The first-order chi connectivity index (χ1) is 10.2. The summed E-state index contributed by atoms with van der Waals surface area (Å²) in [7, 11) is -0.246. The molecule has 0 aliphatic heterocycles. The van der Waals surface area contributed by atoms with Crippen LogP contribution < -0.4 is 0 Å². The Balaban J connectivity index is 4.42. The average molecular weight is 321 g/mol. The lowest BCUT2D eigenvalue weighted by Gasteiger charge is -2.33. The Bertz CT molecular complexity index is 281. The van der Waals surface area contributed by atoms with Crippen LogP contribution in [0, 0.1) is 0 Å². The van der Waals surface area contributed by atoms with Crippen molar-refractivity contribution in [3.8, 4) is 0 Å². The third-order valence-corrected chi connectivity index (χ3v) is 4.52. The van der Waals surface area contributed by atoms with Gasteiger partial charge in [-0.05, 0) is 33.2 Å². The monoisotopic (exact) mass is 321 g/mol. The zero-order valence-electron chi connectivity index (χ0n) is 13.4. The fourth-order valence-corrected chi connectivity index (χ4v) is 3.20. The van der Waals surface area contributed by atoms with Gasteiger partial charge in [0.15, 0.2) is 0 Å². The summed E-state index contributed by atoms with van der Waals surface area (Å²) in [6, 6.07) is 0.738. The van der Waals surface area contributed by atoms with Crippen molar-refractivity contribution < 1.29 is 27.9 Å². The van der Waals surface area contributed by atoms with Gasteiger partial charge in [-0.25, -0.2) is 9.79 Å². The maximum Gasteiger partial charge on any atom is 0.321 e. The van der Waals surface area contributed by atoms with Gasteiger partial charge in [0.05, 0.1) is 6.54 Å². The third kappa shape index (κ3) is 9.10. The number of hydrogen-bond acceptors (Lipinski definition) is 7. The van der Waals surface area contributed by atoms with E-state index in [-0.39, 0.29) is 6.61 Å². The SMILES string of the molecule is CCOC(CO[SiH](CCCN=C=O)OC)(OCC)OCC. The number of carbonyl (C=O) groups excluding carboxylic acids is 1. The lowest BCUT2D eigenvalue weighted by Crippen LogP contribution is -2.46. The summed E-state index contributed by atoms with van der Waals surface area (Å²) in [5.41, 5.74) is 0. The molecule has 7 nitrogen and oxygen atoms in total. The van der Waals surface area contributed by atoms with Crippen LogP contribution in [-0.2, 0) is 27.9 Å². The Morgan fingerprint density at radius 1 is 1.10 bits per heavy atom. The van der Waals surface area contributed by atoms with Crippen molar-refractivity contribution in [1.82, 2.24) is 0 Å². The van der Waals surface area contributed by atoms with Crippen LogP contribution in [0.1, 0.15) is 27.2 Å². The Morgan fingerprint density at radius 3 is 2.10 bits per heavy atom. The molecule has 0 bridgehead atoms. The lowest BCUT2D eigenvalue weighted by molar-refractivity contribution is -0.386. The average Bonchev–Trinajstić information content (AvgIpc) is 2.47. The first kappa shape index (κ1) is 20.4. The van der Waals surface area contributed by atoms with E-state index in [4.69, 9.17) is 23.1 Å². The molecular formula is C13H27NO6Si. The number of nitrogens with zero attached hydrogens (tertiary/aromatic N) is 1. The van der Waals surface area contributed by atoms with Gasteiger partial charge >= 0.3 is 15.3 Å². The van der Waals surface area contributed by atoms with Crippen LogP contribution in [0.4, 0.5) is 0 Å². The van der Waals surface area contributed by atoms with Crippen molar-refractivity contribution in [3.63, 3.8) is 0 Å². The highest BCUT2D eigenvalue weighted by Crippen LogP contribution is 2.17. The van der Waals surface area contributed by atoms with Crippen LogP contribution in [0.5, 0.6) is 0 Å². The van der Waals surface area contributed by atoms with Gasteiger partial charge in [-0.1, -0.05) is 0 Å². The molecule has 0 saturated carbocycles. The van der Waals surface area contributed by atoms with Crippen molar-refractivity contribution in [1.29, 1.82) is 0 Å². The fraction of sp³-hybridized carbons (Fsp3) is 0.923. The Labute approximate surface area is 128 Å². The number of aliphatic imine (C=N–C) groups is 1. The zero-order valence-corrected chi connectivity index (χ0v) is 14.6. The van der Waals surface area contributed by atoms with Gasteiger partial charge in [0.25, 0.3) is 0 Å². The minimum Gasteiger partial charge on any atom is -0.400 e. The van der Waals surface area contributed by atoms with Crippen molar-refractivity contribution in [2.45, 2.75) is 39.2 Å². The largest absolute Gasteiger partial charge is 0.400 e. The molecule has 0 N–H and O–H groups in total. The van der Waals surface area contributed by atoms with Crippen molar-refractivity contribution >= 4 is 15.4 Å². The maximum atomic E-state index is 10.00. The smallest absolute Gasteiger partial charge is 0.321 e. The molecule has 1 atom stereocenters. The normalized spacial score (nSPS) is 13.0. The van der Waals surface area contributed by atoms with Gasteiger partial charge in [0, 0.05) is 26.9 Å². The molecule has 0 aromatic rings.